The molecule has 0 amide bonds. The Morgan fingerprint density at radius 2 is 1.90 bits per heavy atom. The molecule has 0 atom stereocenters. The Kier molecular flexibility index (Phi) is 3.70. The Balaban J connectivity index is 2.56. The predicted molar refractivity (Wildman–Crippen MR) is 65.8 cm³/mol. The van der Waals surface area contributed by atoms with Gasteiger partial charge in [-0.25, -0.2) is 0 Å². The quantitative estimate of drug-likeness (QED) is 0.495. The molecule has 1 aromatic carbocycles. The Morgan fingerprint density at radius 3 is 2.43 bits per heavy atom. The molecular formula is C13H7F3N2O3. The van der Waals surface area contributed by atoms with Gasteiger partial charge >= 0.3 is 6.18 Å². The van der Waals surface area contributed by atoms with E-state index in [0.717, 1.165) is 6.07 Å². The van der Waals surface area contributed by atoms with E-state index in [2.05, 4.69) is 4.98 Å². The van der Waals surface area contributed by atoms with Crippen molar-refractivity contribution in [1.82, 2.24) is 4.98 Å². The Labute approximate surface area is 116 Å². The fraction of sp³-hybridized carbons (Fsp3) is 0.0769. The smallest absolute Gasteiger partial charge is 0.289 e. The molecule has 8 heteroatoms. The first-order valence-electron chi connectivity index (χ1n) is 5.60. The number of ketones is 1. The third-order valence-electron chi connectivity index (χ3n) is 2.64. The lowest BCUT2D eigenvalue weighted by atomic mass is 10.0. The number of rotatable bonds is 3. The molecule has 0 fully saturated rings. The zero-order chi connectivity index (χ0) is 15.6. The highest BCUT2D eigenvalue weighted by Crippen LogP contribution is 2.33. The number of halogens is 3. The van der Waals surface area contributed by atoms with Gasteiger partial charge in [0.25, 0.3) is 5.69 Å². The first-order valence-corrected chi connectivity index (χ1v) is 5.60. The van der Waals surface area contributed by atoms with Gasteiger partial charge in [-0.1, -0.05) is 0 Å². The zero-order valence-electron chi connectivity index (χ0n) is 10.3. The average molecular weight is 296 g/mol. The van der Waals surface area contributed by atoms with Crippen LogP contribution >= 0.6 is 0 Å². The molecule has 21 heavy (non-hydrogen) atoms. The maximum atomic E-state index is 12.7. The lowest BCUT2D eigenvalue weighted by Gasteiger charge is -2.08. The fourth-order valence-corrected chi connectivity index (χ4v) is 1.68. The van der Waals surface area contributed by atoms with Crippen molar-refractivity contribution in [3.63, 3.8) is 0 Å². The van der Waals surface area contributed by atoms with Crippen molar-refractivity contribution in [2.75, 3.05) is 0 Å². The van der Waals surface area contributed by atoms with Crippen LogP contribution in [0.25, 0.3) is 0 Å². The summed E-state index contributed by atoms with van der Waals surface area (Å²) in [6, 6.07) is 4.59. The number of non-ortho nitro benzene ring substituents is 1. The summed E-state index contributed by atoms with van der Waals surface area (Å²) in [6.07, 6.45) is -2.21. The number of nitrogens with zero attached hydrogens (tertiary/aromatic N) is 2. The third-order valence-corrected chi connectivity index (χ3v) is 2.64. The van der Waals surface area contributed by atoms with Crippen molar-refractivity contribution < 1.29 is 22.9 Å². The van der Waals surface area contributed by atoms with Gasteiger partial charge in [-0.3, -0.25) is 19.9 Å². The number of nitro benzene ring substituents is 1. The van der Waals surface area contributed by atoms with Crippen LogP contribution in [0.2, 0.25) is 0 Å². The minimum atomic E-state index is -4.78. The Bertz CT molecular complexity index is 700. The van der Waals surface area contributed by atoms with E-state index < -0.39 is 33.7 Å². The van der Waals surface area contributed by atoms with E-state index in [1.54, 1.807) is 0 Å². The van der Waals surface area contributed by atoms with Crippen LogP contribution in [0.15, 0.2) is 42.7 Å². The molecule has 0 N–H and O–H groups in total. The van der Waals surface area contributed by atoms with Gasteiger partial charge in [0.05, 0.1) is 10.5 Å². The highest BCUT2D eigenvalue weighted by atomic mass is 19.4. The van der Waals surface area contributed by atoms with Gasteiger partial charge in [-0.15, -0.1) is 0 Å². The van der Waals surface area contributed by atoms with Gasteiger partial charge in [0.1, 0.15) is 0 Å². The summed E-state index contributed by atoms with van der Waals surface area (Å²) < 4.78 is 38.2. The molecule has 0 aliphatic carbocycles. The molecule has 0 spiro atoms. The molecule has 0 radical (unpaired) electrons. The SMILES string of the molecule is O=C(c1cccnc1)c1cc([N+](=O)[O-])cc(C(F)(F)F)c1. The van der Waals surface area contributed by atoms with E-state index in [1.165, 1.54) is 24.5 Å². The number of carbonyl (C=O) groups excluding carboxylic acids is 1. The molecule has 5 nitrogen and oxygen atoms in total. The molecule has 0 bridgehead atoms. The van der Waals surface area contributed by atoms with E-state index in [9.17, 15) is 28.1 Å². The van der Waals surface area contributed by atoms with E-state index in [0.29, 0.717) is 12.1 Å². The average Bonchev–Trinajstić information content (AvgIpc) is 2.46. The number of alkyl halides is 3. The number of aromatic nitrogens is 1. The topological polar surface area (TPSA) is 73.1 Å². The second kappa shape index (κ2) is 5.31. The first kappa shape index (κ1) is 14.6. The van der Waals surface area contributed by atoms with E-state index in [1.807, 2.05) is 0 Å². The summed E-state index contributed by atoms with van der Waals surface area (Å²) in [5.74, 6) is -0.766. The molecule has 0 aliphatic rings. The van der Waals surface area contributed by atoms with Gasteiger partial charge < -0.3 is 0 Å². The molecule has 1 heterocycles. The van der Waals surface area contributed by atoms with Crippen LogP contribution in [0.5, 0.6) is 0 Å². The Morgan fingerprint density at radius 1 is 1.19 bits per heavy atom. The van der Waals surface area contributed by atoms with E-state index in [4.69, 9.17) is 0 Å². The van der Waals surface area contributed by atoms with Gasteiger partial charge in [0.15, 0.2) is 5.78 Å². The lowest BCUT2D eigenvalue weighted by molar-refractivity contribution is -0.385. The standard InChI is InChI=1S/C13H7F3N2O3/c14-13(15,16)10-4-9(5-11(6-10)18(20)21)12(19)8-2-1-3-17-7-8/h1-7H. The summed E-state index contributed by atoms with van der Waals surface area (Å²) in [5.41, 5.74) is -2.41. The highest BCUT2D eigenvalue weighted by molar-refractivity contribution is 6.09. The maximum Gasteiger partial charge on any atom is 0.416 e. The van der Waals surface area contributed by atoms with E-state index in [-0.39, 0.29) is 5.56 Å². The fourth-order valence-electron chi connectivity index (χ4n) is 1.68. The number of hydrogen-bond acceptors (Lipinski definition) is 4. The number of hydrogen-bond donors (Lipinski definition) is 0. The van der Waals surface area contributed by atoms with Crippen molar-refractivity contribution in [1.29, 1.82) is 0 Å². The summed E-state index contributed by atoms with van der Waals surface area (Å²) in [5, 5.41) is 10.7. The monoisotopic (exact) mass is 296 g/mol. The highest BCUT2D eigenvalue weighted by Gasteiger charge is 2.33. The van der Waals surface area contributed by atoms with Crippen molar-refractivity contribution in [3.05, 3.63) is 69.5 Å². The zero-order valence-corrected chi connectivity index (χ0v) is 10.3. The van der Waals surface area contributed by atoms with Gasteiger partial charge in [-0.2, -0.15) is 13.2 Å². The number of benzene rings is 1. The maximum absolute atomic E-state index is 12.7. The second-order valence-electron chi connectivity index (χ2n) is 4.09. The predicted octanol–water partition coefficient (Wildman–Crippen LogP) is 3.24. The second-order valence-corrected chi connectivity index (χ2v) is 4.09. The normalized spacial score (nSPS) is 11.2. The molecule has 108 valence electrons. The van der Waals surface area contributed by atoms with Crippen LogP contribution in [0, 0.1) is 10.1 Å². The van der Waals surface area contributed by atoms with Gasteiger partial charge in [0.2, 0.25) is 0 Å². The third kappa shape index (κ3) is 3.22. The largest absolute Gasteiger partial charge is 0.416 e. The number of carbonyl (C=O) groups is 1. The van der Waals surface area contributed by atoms with Crippen LogP contribution in [0.3, 0.4) is 0 Å². The minimum absolute atomic E-state index is 0.0473. The molecule has 2 aromatic rings. The lowest BCUT2D eigenvalue weighted by Crippen LogP contribution is -2.09. The van der Waals surface area contributed by atoms with Crippen molar-refractivity contribution in [3.8, 4) is 0 Å². The van der Waals surface area contributed by atoms with Crippen molar-refractivity contribution >= 4 is 11.5 Å². The number of nitro groups is 1. The number of pyridine rings is 1. The molecule has 0 aliphatic heterocycles. The summed E-state index contributed by atoms with van der Waals surface area (Å²) in [7, 11) is 0. The summed E-state index contributed by atoms with van der Waals surface area (Å²) in [4.78, 5) is 25.5. The molecular weight excluding hydrogens is 289 g/mol. The minimum Gasteiger partial charge on any atom is -0.289 e. The van der Waals surface area contributed by atoms with Crippen LogP contribution in [0.4, 0.5) is 18.9 Å². The molecule has 1 aromatic heterocycles. The van der Waals surface area contributed by atoms with E-state index >= 15 is 0 Å². The van der Waals surface area contributed by atoms with Crippen LogP contribution in [0.1, 0.15) is 21.5 Å². The van der Waals surface area contributed by atoms with Gasteiger partial charge in [0, 0.05) is 35.7 Å². The van der Waals surface area contributed by atoms with Crippen LogP contribution in [-0.2, 0) is 6.18 Å². The first-order chi connectivity index (χ1) is 9.79. The Hall–Kier alpha value is -2.77. The molecule has 0 unspecified atom stereocenters. The van der Waals surface area contributed by atoms with Crippen LogP contribution in [-0.4, -0.2) is 15.7 Å². The summed E-state index contributed by atoms with van der Waals surface area (Å²) >= 11 is 0. The molecule has 0 saturated heterocycles. The summed E-state index contributed by atoms with van der Waals surface area (Å²) in [6.45, 7) is 0. The molecule has 0 saturated carbocycles. The van der Waals surface area contributed by atoms with Crippen molar-refractivity contribution in [2.45, 2.75) is 6.18 Å². The van der Waals surface area contributed by atoms with Gasteiger partial charge in [-0.05, 0) is 18.2 Å². The van der Waals surface area contributed by atoms with Crippen molar-refractivity contribution in [2.24, 2.45) is 0 Å². The molecule has 2 rings (SSSR count). The van der Waals surface area contributed by atoms with Crippen LogP contribution < -0.4 is 0 Å².